The molecule has 0 aliphatic carbocycles. The van der Waals surface area contributed by atoms with E-state index in [2.05, 4.69) is 109 Å². The maximum absolute atomic E-state index is 4.88. The maximum atomic E-state index is 4.88. The molecule has 0 atom stereocenters. The van der Waals surface area contributed by atoms with Crippen LogP contribution in [0.4, 0.5) is 0 Å². The van der Waals surface area contributed by atoms with E-state index in [1.54, 1.807) is 0 Å². The molecular weight excluding hydrogens is 362 g/mol. The van der Waals surface area contributed by atoms with Crippen molar-refractivity contribution in [3.8, 4) is 22.4 Å². The standard InChI is InChI=1S/C29H19N/c1-3-11-24-20(7-1)15-17-27-25(12-6-13-26(24)27)22-9-5-10-23(19-22)29-18-16-21-8-2-4-14-28(21)30-29/h1-19H. The molecule has 0 fully saturated rings. The molecular formula is C29H19N. The Kier molecular flexibility index (Phi) is 3.85. The van der Waals surface area contributed by atoms with Crippen LogP contribution < -0.4 is 0 Å². The van der Waals surface area contributed by atoms with Crippen LogP contribution in [0.5, 0.6) is 0 Å². The average molecular weight is 381 g/mol. The largest absolute Gasteiger partial charge is 0.248 e. The van der Waals surface area contributed by atoms with Crippen LogP contribution in [-0.4, -0.2) is 4.98 Å². The number of hydrogen-bond donors (Lipinski definition) is 0. The van der Waals surface area contributed by atoms with Crippen LogP contribution in [0.2, 0.25) is 0 Å². The molecule has 0 saturated carbocycles. The van der Waals surface area contributed by atoms with Gasteiger partial charge >= 0.3 is 0 Å². The molecule has 5 aromatic carbocycles. The normalized spacial score (nSPS) is 11.3. The molecule has 0 bridgehead atoms. The highest BCUT2D eigenvalue weighted by Gasteiger charge is 2.08. The van der Waals surface area contributed by atoms with Gasteiger partial charge in [-0.1, -0.05) is 97.1 Å². The van der Waals surface area contributed by atoms with Crippen LogP contribution in [0.3, 0.4) is 0 Å². The predicted molar refractivity (Wildman–Crippen MR) is 128 cm³/mol. The number of rotatable bonds is 2. The summed E-state index contributed by atoms with van der Waals surface area (Å²) in [6.45, 7) is 0. The van der Waals surface area contributed by atoms with Gasteiger partial charge in [-0.2, -0.15) is 0 Å². The third-order valence-electron chi connectivity index (χ3n) is 5.85. The summed E-state index contributed by atoms with van der Waals surface area (Å²) in [6.07, 6.45) is 0. The second-order valence-electron chi connectivity index (χ2n) is 7.66. The number of nitrogens with zero attached hydrogens (tertiary/aromatic N) is 1. The van der Waals surface area contributed by atoms with Gasteiger partial charge in [-0.15, -0.1) is 0 Å². The van der Waals surface area contributed by atoms with Crippen molar-refractivity contribution in [2.24, 2.45) is 0 Å². The van der Waals surface area contributed by atoms with Crippen LogP contribution in [0.1, 0.15) is 0 Å². The van der Waals surface area contributed by atoms with Crippen molar-refractivity contribution in [1.29, 1.82) is 0 Å². The van der Waals surface area contributed by atoms with Crippen LogP contribution in [-0.2, 0) is 0 Å². The zero-order chi connectivity index (χ0) is 19.9. The number of para-hydroxylation sites is 1. The maximum Gasteiger partial charge on any atom is 0.0709 e. The number of benzene rings is 5. The fourth-order valence-electron chi connectivity index (χ4n) is 4.36. The van der Waals surface area contributed by atoms with Gasteiger partial charge in [-0.25, -0.2) is 4.98 Å². The van der Waals surface area contributed by atoms with E-state index in [0.29, 0.717) is 0 Å². The molecule has 0 radical (unpaired) electrons. The first-order chi connectivity index (χ1) is 14.9. The minimum atomic E-state index is 1.00. The van der Waals surface area contributed by atoms with Gasteiger partial charge in [0.15, 0.2) is 0 Å². The molecule has 0 N–H and O–H groups in total. The van der Waals surface area contributed by atoms with Gasteiger partial charge in [-0.3, -0.25) is 0 Å². The molecule has 0 spiro atoms. The number of hydrogen-bond acceptors (Lipinski definition) is 1. The molecule has 0 unspecified atom stereocenters. The summed E-state index contributed by atoms with van der Waals surface area (Å²) in [4.78, 5) is 4.88. The molecule has 0 aliphatic heterocycles. The second-order valence-corrected chi connectivity index (χ2v) is 7.66. The first-order valence-electron chi connectivity index (χ1n) is 10.2. The quantitative estimate of drug-likeness (QED) is 0.278. The molecule has 0 aliphatic rings. The first kappa shape index (κ1) is 16.9. The van der Waals surface area contributed by atoms with Gasteiger partial charge in [0.2, 0.25) is 0 Å². The third kappa shape index (κ3) is 2.75. The van der Waals surface area contributed by atoms with Crippen molar-refractivity contribution < 1.29 is 0 Å². The van der Waals surface area contributed by atoms with E-state index in [4.69, 9.17) is 4.98 Å². The molecule has 140 valence electrons. The molecule has 0 saturated heterocycles. The molecule has 6 rings (SSSR count). The summed E-state index contributed by atoms with van der Waals surface area (Å²) in [5.41, 5.74) is 5.62. The van der Waals surface area contributed by atoms with Crippen LogP contribution >= 0.6 is 0 Å². The van der Waals surface area contributed by atoms with Crippen molar-refractivity contribution in [2.45, 2.75) is 0 Å². The van der Waals surface area contributed by atoms with E-state index in [1.165, 1.54) is 38.1 Å². The number of fused-ring (bicyclic) bond motifs is 4. The Hall–Kier alpha value is -3.97. The lowest BCUT2D eigenvalue weighted by Gasteiger charge is -2.11. The molecule has 0 amide bonds. The first-order valence-corrected chi connectivity index (χ1v) is 10.2. The smallest absolute Gasteiger partial charge is 0.0709 e. The lowest BCUT2D eigenvalue weighted by molar-refractivity contribution is 1.40. The minimum Gasteiger partial charge on any atom is -0.248 e. The Labute approximate surface area is 175 Å². The van der Waals surface area contributed by atoms with Crippen LogP contribution in [0, 0.1) is 0 Å². The summed E-state index contributed by atoms with van der Waals surface area (Å²) in [5, 5.41) is 6.30. The van der Waals surface area contributed by atoms with Gasteiger partial charge in [0.05, 0.1) is 11.2 Å². The topological polar surface area (TPSA) is 12.9 Å². The fourth-order valence-corrected chi connectivity index (χ4v) is 4.36. The molecule has 30 heavy (non-hydrogen) atoms. The zero-order valence-electron chi connectivity index (χ0n) is 16.4. The van der Waals surface area contributed by atoms with Crippen molar-refractivity contribution in [1.82, 2.24) is 4.98 Å². The Morgan fingerprint density at radius 1 is 0.433 bits per heavy atom. The van der Waals surface area contributed by atoms with Gasteiger partial charge in [0, 0.05) is 10.9 Å². The Balaban J connectivity index is 1.53. The Morgan fingerprint density at radius 2 is 1.17 bits per heavy atom. The van der Waals surface area contributed by atoms with Crippen LogP contribution in [0.15, 0.2) is 115 Å². The number of aromatic nitrogens is 1. The predicted octanol–water partition coefficient (Wildman–Crippen LogP) is 7.88. The van der Waals surface area contributed by atoms with E-state index in [-0.39, 0.29) is 0 Å². The minimum absolute atomic E-state index is 1.00. The third-order valence-corrected chi connectivity index (χ3v) is 5.85. The SMILES string of the molecule is c1cc(-c2ccc3ccccc3n2)cc(-c2cccc3c2ccc2ccccc23)c1. The summed E-state index contributed by atoms with van der Waals surface area (Å²) in [7, 11) is 0. The van der Waals surface area contributed by atoms with E-state index in [9.17, 15) is 0 Å². The summed E-state index contributed by atoms with van der Waals surface area (Å²) in [5.74, 6) is 0. The molecule has 6 aromatic rings. The molecule has 1 heterocycles. The van der Waals surface area contributed by atoms with Gasteiger partial charge in [0.1, 0.15) is 0 Å². The zero-order valence-corrected chi connectivity index (χ0v) is 16.4. The lowest BCUT2D eigenvalue weighted by atomic mass is 9.93. The van der Waals surface area contributed by atoms with Gasteiger partial charge < -0.3 is 0 Å². The van der Waals surface area contributed by atoms with E-state index >= 15 is 0 Å². The van der Waals surface area contributed by atoms with Crippen molar-refractivity contribution >= 4 is 32.4 Å². The molecule has 1 nitrogen and oxygen atoms in total. The highest BCUT2D eigenvalue weighted by atomic mass is 14.7. The van der Waals surface area contributed by atoms with Crippen molar-refractivity contribution in [3.05, 3.63) is 115 Å². The van der Waals surface area contributed by atoms with E-state index < -0.39 is 0 Å². The van der Waals surface area contributed by atoms with Crippen molar-refractivity contribution in [3.63, 3.8) is 0 Å². The van der Waals surface area contributed by atoms with Gasteiger partial charge in [-0.05, 0) is 50.9 Å². The van der Waals surface area contributed by atoms with Gasteiger partial charge in [0.25, 0.3) is 0 Å². The summed E-state index contributed by atoms with van der Waals surface area (Å²) in [6, 6.07) is 40.9. The second kappa shape index (κ2) is 6.82. The molecule has 1 aromatic heterocycles. The molecule has 1 heteroatoms. The number of pyridine rings is 1. The monoisotopic (exact) mass is 381 g/mol. The van der Waals surface area contributed by atoms with Crippen molar-refractivity contribution in [2.75, 3.05) is 0 Å². The summed E-state index contributed by atoms with van der Waals surface area (Å²) < 4.78 is 0. The average Bonchev–Trinajstić information content (AvgIpc) is 2.83. The van der Waals surface area contributed by atoms with E-state index in [0.717, 1.165) is 16.8 Å². The van der Waals surface area contributed by atoms with Crippen LogP contribution in [0.25, 0.3) is 54.8 Å². The highest BCUT2D eigenvalue weighted by Crippen LogP contribution is 2.34. The fraction of sp³-hybridized carbons (Fsp3) is 0. The Morgan fingerprint density at radius 3 is 2.13 bits per heavy atom. The highest BCUT2D eigenvalue weighted by molar-refractivity contribution is 6.12. The summed E-state index contributed by atoms with van der Waals surface area (Å²) >= 11 is 0. The Bertz CT molecular complexity index is 1550. The lowest BCUT2D eigenvalue weighted by Crippen LogP contribution is -1.87. The van der Waals surface area contributed by atoms with E-state index in [1.807, 2.05) is 6.07 Å².